The molecule has 2 aromatic rings. The van der Waals surface area contributed by atoms with E-state index in [0.717, 1.165) is 28.3 Å². The molecule has 1 aliphatic rings. The van der Waals surface area contributed by atoms with E-state index in [1.165, 1.54) is 0 Å². The van der Waals surface area contributed by atoms with Crippen LogP contribution in [-0.4, -0.2) is 43.4 Å². The van der Waals surface area contributed by atoms with Crippen molar-refractivity contribution in [1.29, 1.82) is 0 Å². The molecule has 0 radical (unpaired) electrons. The number of carbonyl (C=O) groups excluding carboxylic acids is 1. The fourth-order valence-corrected chi connectivity index (χ4v) is 3.02. The van der Waals surface area contributed by atoms with Crippen LogP contribution in [0.15, 0.2) is 53.7 Å². The molecular weight excluding hydrogens is 344 g/mol. The second-order valence-electron chi connectivity index (χ2n) is 6.45. The van der Waals surface area contributed by atoms with Gasteiger partial charge in [-0.2, -0.15) is 0 Å². The molecule has 1 unspecified atom stereocenters. The molecule has 1 heterocycles. The molecule has 1 aliphatic heterocycles. The highest BCUT2D eigenvalue weighted by atomic mass is 16.6. The summed E-state index contributed by atoms with van der Waals surface area (Å²) in [5.41, 5.74) is 2.90. The Morgan fingerprint density at radius 3 is 2.56 bits per heavy atom. The number of hydrogen-bond acceptors (Lipinski definition) is 5. The summed E-state index contributed by atoms with van der Waals surface area (Å²) in [5.74, 6) is 1.58. The van der Waals surface area contributed by atoms with E-state index < -0.39 is 0 Å². The highest BCUT2D eigenvalue weighted by Crippen LogP contribution is 2.21. The molecule has 6 heteroatoms. The average Bonchev–Trinajstić information content (AvgIpc) is 3.16. The van der Waals surface area contributed by atoms with Crippen LogP contribution in [0, 0.1) is 0 Å². The predicted octanol–water partition coefficient (Wildman–Crippen LogP) is 3.25. The van der Waals surface area contributed by atoms with Crippen LogP contribution in [0.25, 0.3) is 0 Å². The molecule has 142 valence electrons. The topological polar surface area (TPSA) is 60.4 Å². The normalized spacial score (nSPS) is 15.7. The van der Waals surface area contributed by atoms with Gasteiger partial charge in [-0.1, -0.05) is 17.3 Å². The van der Waals surface area contributed by atoms with Crippen LogP contribution in [0.3, 0.4) is 0 Å². The molecule has 27 heavy (non-hydrogen) atoms. The third kappa shape index (κ3) is 4.78. The molecule has 1 atom stereocenters. The molecule has 6 nitrogen and oxygen atoms in total. The van der Waals surface area contributed by atoms with Gasteiger partial charge in [-0.25, -0.2) is 0 Å². The first-order valence-electron chi connectivity index (χ1n) is 8.84. The fourth-order valence-electron chi connectivity index (χ4n) is 3.02. The van der Waals surface area contributed by atoms with Gasteiger partial charge in [0.2, 0.25) is 5.91 Å². The zero-order chi connectivity index (χ0) is 19.2. The van der Waals surface area contributed by atoms with Gasteiger partial charge in [0.05, 0.1) is 26.5 Å². The molecule has 0 fully saturated rings. The van der Waals surface area contributed by atoms with E-state index in [1.54, 1.807) is 26.0 Å². The Bertz CT molecular complexity index is 817. The number of ether oxygens (including phenoxy) is 2. The second kappa shape index (κ2) is 8.58. The van der Waals surface area contributed by atoms with E-state index in [1.807, 2.05) is 48.5 Å². The summed E-state index contributed by atoms with van der Waals surface area (Å²) in [7, 11) is 3.27. The molecule has 0 N–H and O–H groups in total. The highest BCUT2D eigenvalue weighted by molar-refractivity contribution is 6.01. The Labute approximate surface area is 159 Å². The van der Waals surface area contributed by atoms with Crippen molar-refractivity contribution in [2.75, 3.05) is 20.8 Å². The van der Waals surface area contributed by atoms with E-state index in [9.17, 15) is 4.79 Å². The molecular formula is C21H24N2O4. The van der Waals surface area contributed by atoms with Crippen LogP contribution < -0.4 is 9.47 Å². The van der Waals surface area contributed by atoms with E-state index in [0.29, 0.717) is 19.5 Å². The third-order valence-corrected chi connectivity index (χ3v) is 4.53. The Balaban J connectivity index is 1.61. The number of methoxy groups -OCH3 is 2. The molecule has 3 rings (SSSR count). The summed E-state index contributed by atoms with van der Waals surface area (Å²) in [6.07, 6.45) is 0.505. The van der Waals surface area contributed by atoms with Gasteiger partial charge in [-0.3, -0.25) is 4.79 Å². The Morgan fingerprint density at radius 1 is 1.15 bits per heavy atom. The Morgan fingerprint density at radius 2 is 1.89 bits per heavy atom. The van der Waals surface area contributed by atoms with Crippen molar-refractivity contribution in [3.8, 4) is 11.5 Å². The van der Waals surface area contributed by atoms with Crippen LogP contribution >= 0.6 is 0 Å². The van der Waals surface area contributed by atoms with Gasteiger partial charge in [0.15, 0.2) is 6.10 Å². The number of oxime groups is 1. The van der Waals surface area contributed by atoms with E-state index in [2.05, 4.69) is 5.16 Å². The van der Waals surface area contributed by atoms with Crippen molar-refractivity contribution in [1.82, 2.24) is 4.90 Å². The minimum Gasteiger partial charge on any atom is -0.497 e. The monoisotopic (exact) mass is 368 g/mol. The molecule has 0 aromatic heterocycles. The van der Waals surface area contributed by atoms with Crippen molar-refractivity contribution in [2.45, 2.75) is 26.0 Å². The van der Waals surface area contributed by atoms with E-state index >= 15 is 0 Å². The van der Waals surface area contributed by atoms with Crippen molar-refractivity contribution in [3.63, 3.8) is 0 Å². The summed E-state index contributed by atoms with van der Waals surface area (Å²) < 4.78 is 10.4. The second-order valence-corrected chi connectivity index (χ2v) is 6.45. The van der Waals surface area contributed by atoms with Gasteiger partial charge in [0, 0.05) is 19.9 Å². The van der Waals surface area contributed by atoms with Crippen LogP contribution in [0.5, 0.6) is 11.5 Å². The number of hydrogen-bond donors (Lipinski definition) is 0. The van der Waals surface area contributed by atoms with Gasteiger partial charge in [0.25, 0.3) is 0 Å². The minimum atomic E-state index is -0.156. The first-order chi connectivity index (χ1) is 13.1. The number of amides is 1. The maximum atomic E-state index is 12.1. The third-order valence-electron chi connectivity index (χ3n) is 4.53. The van der Waals surface area contributed by atoms with Gasteiger partial charge < -0.3 is 19.2 Å². The standard InChI is InChI=1S/C21H24N2O4/c1-15(24)23(13-16-5-4-6-19(11-16)26-3)14-20-12-21(22-27-20)17-7-9-18(25-2)10-8-17/h4-11,20H,12-14H2,1-3H3. The minimum absolute atomic E-state index is 0.000632. The van der Waals surface area contributed by atoms with Crippen LogP contribution in [0.1, 0.15) is 24.5 Å². The van der Waals surface area contributed by atoms with Crippen LogP contribution in [0.4, 0.5) is 0 Å². The van der Waals surface area contributed by atoms with Gasteiger partial charge >= 0.3 is 0 Å². The lowest BCUT2D eigenvalue weighted by atomic mass is 10.0. The Kier molecular flexibility index (Phi) is 5.96. The quantitative estimate of drug-likeness (QED) is 0.753. The van der Waals surface area contributed by atoms with Crippen molar-refractivity contribution < 1.29 is 19.1 Å². The molecule has 1 amide bonds. The van der Waals surface area contributed by atoms with Crippen LogP contribution in [0.2, 0.25) is 0 Å². The van der Waals surface area contributed by atoms with E-state index in [4.69, 9.17) is 14.3 Å². The lowest BCUT2D eigenvalue weighted by Crippen LogP contribution is -2.35. The summed E-state index contributed by atoms with van der Waals surface area (Å²) in [5, 5.41) is 4.21. The number of rotatable bonds is 7. The number of benzene rings is 2. The molecule has 0 saturated heterocycles. The molecule has 0 spiro atoms. The molecule has 0 bridgehead atoms. The summed E-state index contributed by atoms with van der Waals surface area (Å²) in [6, 6.07) is 15.4. The SMILES string of the molecule is COc1ccc(C2=NOC(CN(Cc3cccc(OC)c3)C(C)=O)C2)cc1. The van der Waals surface area contributed by atoms with Gasteiger partial charge in [0.1, 0.15) is 11.5 Å². The fraction of sp³-hybridized carbons (Fsp3) is 0.333. The average molecular weight is 368 g/mol. The Hall–Kier alpha value is -3.02. The van der Waals surface area contributed by atoms with E-state index in [-0.39, 0.29) is 12.0 Å². The maximum absolute atomic E-state index is 12.1. The largest absolute Gasteiger partial charge is 0.497 e. The van der Waals surface area contributed by atoms with Gasteiger partial charge in [-0.05, 0) is 47.5 Å². The van der Waals surface area contributed by atoms with Crippen molar-refractivity contribution >= 4 is 11.6 Å². The zero-order valence-electron chi connectivity index (χ0n) is 15.8. The first kappa shape index (κ1) is 18.8. The molecule has 0 saturated carbocycles. The molecule has 0 aliphatic carbocycles. The zero-order valence-corrected chi connectivity index (χ0v) is 15.8. The summed E-state index contributed by atoms with van der Waals surface area (Å²) >= 11 is 0. The van der Waals surface area contributed by atoms with Gasteiger partial charge in [-0.15, -0.1) is 0 Å². The first-order valence-corrected chi connectivity index (χ1v) is 8.84. The van der Waals surface area contributed by atoms with Crippen molar-refractivity contribution in [3.05, 3.63) is 59.7 Å². The van der Waals surface area contributed by atoms with Crippen LogP contribution in [-0.2, 0) is 16.2 Å². The number of carbonyl (C=O) groups is 1. The maximum Gasteiger partial charge on any atom is 0.219 e. The van der Waals surface area contributed by atoms with Crippen molar-refractivity contribution in [2.24, 2.45) is 5.16 Å². The smallest absolute Gasteiger partial charge is 0.219 e. The lowest BCUT2D eigenvalue weighted by Gasteiger charge is -2.23. The lowest BCUT2D eigenvalue weighted by molar-refractivity contribution is -0.131. The summed E-state index contributed by atoms with van der Waals surface area (Å²) in [6.45, 7) is 2.56. The number of nitrogens with zero attached hydrogens (tertiary/aromatic N) is 2. The predicted molar refractivity (Wildman–Crippen MR) is 103 cm³/mol. The molecule has 2 aromatic carbocycles. The highest BCUT2D eigenvalue weighted by Gasteiger charge is 2.25. The summed E-state index contributed by atoms with van der Waals surface area (Å²) in [4.78, 5) is 19.4.